The van der Waals surface area contributed by atoms with E-state index >= 15 is 0 Å². The Morgan fingerprint density at radius 3 is 1.74 bits per heavy atom. The first-order chi connectivity index (χ1) is 15.4. The van der Waals surface area contributed by atoms with Gasteiger partial charge in [-0.3, -0.25) is 0 Å². The van der Waals surface area contributed by atoms with E-state index in [4.69, 9.17) is 0 Å². The molecule has 0 atom stereocenters. The summed E-state index contributed by atoms with van der Waals surface area (Å²) in [5, 5.41) is 3.91. The van der Waals surface area contributed by atoms with Gasteiger partial charge < -0.3 is 9.13 Å². The zero-order chi connectivity index (χ0) is 20.4. The van der Waals surface area contributed by atoms with Crippen LogP contribution in [0.15, 0.2) is 103 Å². The zero-order valence-electron chi connectivity index (χ0n) is 17.0. The van der Waals surface area contributed by atoms with Crippen LogP contribution in [-0.4, -0.2) is 9.13 Å². The maximum Gasteiger partial charge on any atom is 0.0541 e. The molecule has 2 heteroatoms. The maximum absolute atomic E-state index is 2.43. The molecule has 2 heterocycles. The molecule has 0 radical (unpaired) electrons. The van der Waals surface area contributed by atoms with Crippen LogP contribution in [0.4, 0.5) is 0 Å². The van der Waals surface area contributed by atoms with E-state index in [9.17, 15) is 0 Å². The van der Waals surface area contributed by atoms with Gasteiger partial charge in [-0.05, 0) is 36.4 Å². The van der Waals surface area contributed by atoms with Gasteiger partial charge in [0.1, 0.15) is 0 Å². The molecule has 4 aromatic carbocycles. The summed E-state index contributed by atoms with van der Waals surface area (Å²) in [5.41, 5.74) is 8.89. The maximum atomic E-state index is 2.43. The van der Waals surface area contributed by atoms with Gasteiger partial charge in [0.2, 0.25) is 0 Å². The van der Waals surface area contributed by atoms with Gasteiger partial charge in [-0.15, -0.1) is 0 Å². The Balaban J connectivity index is 1.53. The first kappa shape index (κ1) is 16.7. The summed E-state index contributed by atoms with van der Waals surface area (Å²) in [5.74, 6) is 0. The van der Waals surface area contributed by atoms with Gasteiger partial charge >= 0.3 is 0 Å². The standard InChI is InChI=1S/C29H20N2/c1-4-15-26-22(11-1)23-12-2-5-16-27(23)30(26)20-9-7-10-21(19-20)31-28-17-6-3-13-24(28)25-14-8-18-29(25)31/h1-17,19H,18H2. The van der Waals surface area contributed by atoms with Crippen molar-refractivity contribution in [3.63, 3.8) is 0 Å². The van der Waals surface area contributed by atoms with Crippen LogP contribution in [0.25, 0.3) is 50.2 Å². The van der Waals surface area contributed by atoms with Crippen LogP contribution < -0.4 is 0 Å². The van der Waals surface area contributed by atoms with Crippen LogP contribution in [0, 0.1) is 0 Å². The van der Waals surface area contributed by atoms with E-state index in [-0.39, 0.29) is 0 Å². The highest BCUT2D eigenvalue weighted by Gasteiger charge is 2.19. The summed E-state index contributed by atoms with van der Waals surface area (Å²) in [6.07, 6.45) is 5.51. The molecular weight excluding hydrogens is 376 g/mol. The second kappa shape index (κ2) is 6.23. The molecular formula is C29H20N2. The fourth-order valence-electron chi connectivity index (χ4n) is 5.26. The second-order valence-electron chi connectivity index (χ2n) is 8.21. The fraction of sp³-hybridized carbons (Fsp3) is 0.0345. The number of benzene rings is 4. The van der Waals surface area contributed by atoms with Gasteiger partial charge in [0.15, 0.2) is 0 Å². The molecule has 0 saturated carbocycles. The number of hydrogen-bond acceptors (Lipinski definition) is 0. The number of allylic oxidation sites excluding steroid dienone is 1. The highest BCUT2D eigenvalue weighted by Crippen LogP contribution is 2.36. The molecule has 0 unspecified atom stereocenters. The fourth-order valence-corrected chi connectivity index (χ4v) is 5.26. The number of nitrogens with zero attached hydrogens (tertiary/aromatic N) is 2. The van der Waals surface area contributed by atoms with Gasteiger partial charge in [-0.25, -0.2) is 0 Å². The molecule has 0 fully saturated rings. The molecule has 0 bridgehead atoms. The van der Waals surface area contributed by atoms with E-state index in [0.717, 1.165) is 6.42 Å². The minimum absolute atomic E-state index is 0.976. The van der Waals surface area contributed by atoms with Crippen LogP contribution in [-0.2, 0) is 6.42 Å². The van der Waals surface area contributed by atoms with E-state index in [0.29, 0.717) is 0 Å². The minimum Gasteiger partial charge on any atom is -0.313 e. The van der Waals surface area contributed by atoms with E-state index < -0.39 is 0 Å². The third kappa shape index (κ3) is 2.27. The first-order valence-corrected chi connectivity index (χ1v) is 10.8. The van der Waals surface area contributed by atoms with E-state index in [1.54, 1.807) is 0 Å². The third-order valence-corrected chi connectivity index (χ3v) is 6.54. The molecule has 0 amide bonds. The van der Waals surface area contributed by atoms with Crippen LogP contribution in [0.3, 0.4) is 0 Å². The van der Waals surface area contributed by atoms with Crippen molar-refractivity contribution in [2.75, 3.05) is 0 Å². The average Bonchev–Trinajstić information content (AvgIpc) is 3.50. The predicted molar refractivity (Wildman–Crippen MR) is 130 cm³/mol. The van der Waals surface area contributed by atoms with E-state index in [1.807, 2.05) is 0 Å². The molecule has 2 aromatic heterocycles. The topological polar surface area (TPSA) is 9.86 Å². The molecule has 0 aliphatic heterocycles. The van der Waals surface area contributed by atoms with E-state index in [2.05, 4.69) is 118 Å². The minimum atomic E-state index is 0.976. The predicted octanol–water partition coefficient (Wildman–Crippen LogP) is 7.30. The second-order valence-corrected chi connectivity index (χ2v) is 8.21. The van der Waals surface area contributed by atoms with Crippen LogP contribution in [0.2, 0.25) is 0 Å². The highest BCUT2D eigenvalue weighted by molar-refractivity contribution is 6.09. The van der Waals surface area contributed by atoms with Gasteiger partial charge in [-0.2, -0.15) is 0 Å². The average molecular weight is 396 g/mol. The van der Waals surface area contributed by atoms with Crippen molar-refractivity contribution in [2.24, 2.45) is 0 Å². The largest absolute Gasteiger partial charge is 0.313 e. The number of fused-ring (bicyclic) bond motifs is 6. The molecule has 0 N–H and O–H groups in total. The number of rotatable bonds is 2. The van der Waals surface area contributed by atoms with Gasteiger partial charge in [-0.1, -0.05) is 72.8 Å². The number of hydrogen-bond donors (Lipinski definition) is 0. The van der Waals surface area contributed by atoms with Crippen molar-refractivity contribution < 1.29 is 0 Å². The lowest BCUT2D eigenvalue weighted by molar-refractivity contribution is 1.01. The highest BCUT2D eigenvalue weighted by atomic mass is 15.0. The third-order valence-electron chi connectivity index (χ3n) is 6.54. The lowest BCUT2D eigenvalue weighted by Crippen LogP contribution is -2.01. The summed E-state index contributed by atoms with van der Waals surface area (Å²) >= 11 is 0. The molecule has 31 heavy (non-hydrogen) atoms. The summed E-state index contributed by atoms with van der Waals surface area (Å²) in [4.78, 5) is 0. The Kier molecular flexibility index (Phi) is 3.36. The van der Waals surface area contributed by atoms with Crippen LogP contribution in [0.5, 0.6) is 0 Å². The van der Waals surface area contributed by atoms with Crippen LogP contribution >= 0.6 is 0 Å². The molecule has 2 nitrogen and oxygen atoms in total. The van der Waals surface area contributed by atoms with E-state index in [1.165, 1.54) is 55.3 Å². The Morgan fingerprint density at radius 2 is 1.06 bits per heavy atom. The van der Waals surface area contributed by atoms with Gasteiger partial charge in [0, 0.05) is 45.2 Å². The van der Waals surface area contributed by atoms with Crippen molar-refractivity contribution in [3.8, 4) is 11.4 Å². The smallest absolute Gasteiger partial charge is 0.0541 e. The number of aromatic nitrogens is 2. The van der Waals surface area contributed by atoms with Gasteiger partial charge in [0.05, 0.1) is 16.6 Å². The zero-order valence-corrected chi connectivity index (χ0v) is 17.0. The molecule has 1 aliphatic carbocycles. The van der Waals surface area contributed by atoms with Crippen molar-refractivity contribution in [3.05, 3.63) is 114 Å². The van der Waals surface area contributed by atoms with Crippen LogP contribution in [0.1, 0.15) is 11.3 Å². The molecule has 0 saturated heterocycles. The van der Waals surface area contributed by atoms with Gasteiger partial charge in [0.25, 0.3) is 0 Å². The van der Waals surface area contributed by atoms with Crippen molar-refractivity contribution in [2.45, 2.75) is 6.42 Å². The SMILES string of the molecule is C1=Cc2c(n(-c3cccc(-n4c5ccccc5c5ccccc54)c3)c3ccccc23)C1. The van der Waals surface area contributed by atoms with Crippen molar-refractivity contribution in [1.82, 2.24) is 9.13 Å². The van der Waals surface area contributed by atoms with Crippen molar-refractivity contribution >= 4 is 38.8 Å². The summed E-state index contributed by atoms with van der Waals surface area (Å²) in [6.45, 7) is 0. The number of para-hydroxylation sites is 3. The molecule has 7 rings (SSSR count). The molecule has 1 aliphatic rings. The molecule has 146 valence electrons. The monoisotopic (exact) mass is 396 g/mol. The summed E-state index contributed by atoms with van der Waals surface area (Å²) in [6, 6.07) is 35.0. The normalized spacial score (nSPS) is 12.9. The molecule has 0 spiro atoms. The van der Waals surface area contributed by atoms with Crippen molar-refractivity contribution in [1.29, 1.82) is 0 Å². The Labute approximate surface area is 180 Å². The Hall–Kier alpha value is -4.04. The molecule has 6 aromatic rings. The lowest BCUT2D eigenvalue weighted by atomic mass is 10.2. The Morgan fingerprint density at radius 1 is 0.516 bits per heavy atom. The first-order valence-electron chi connectivity index (χ1n) is 10.8. The summed E-state index contributed by atoms with van der Waals surface area (Å²) < 4.78 is 4.82. The Bertz CT molecular complexity index is 1610. The summed E-state index contributed by atoms with van der Waals surface area (Å²) in [7, 11) is 0. The lowest BCUT2D eigenvalue weighted by Gasteiger charge is -2.13. The quantitative estimate of drug-likeness (QED) is 0.291.